The highest BCUT2D eigenvalue weighted by molar-refractivity contribution is 9.10. The first kappa shape index (κ1) is 15.3. The summed E-state index contributed by atoms with van der Waals surface area (Å²) in [7, 11) is 2.12. The predicted molar refractivity (Wildman–Crippen MR) is 85.9 cm³/mol. The summed E-state index contributed by atoms with van der Waals surface area (Å²) in [5, 5.41) is 3.00. The van der Waals surface area contributed by atoms with Gasteiger partial charge in [-0.2, -0.15) is 0 Å². The highest BCUT2D eigenvalue weighted by atomic mass is 79.9. The van der Waals surface area contributed by atoms with Gasteiger partial charge >= 0.3 is 0 Å². The number of rotatable bonds is 5. The van der Waals surface area contributed by atoms with Crippen LogP contribution >= 0.6 is 15.9 Å². The lowest BCUT2D eigenvalue weighted by molar-refractivity contribution is 0.0939. The van der Waals surface area contributed by atoms with Gasteiger partial charge in [-0.25, -0.2) is 0 Å². The number of nitrogens with two attached hydrogens (primary N) is 1. The molecule has 0 bridgehead atoms. The van der Waals surface area contributed by atoms with Crippen molar-refractivity contribution in [2.75, 3.05) is 19.3 Å². The number of anilines is 1. The third-order valence-electron chi connectivity index (χ3n) is 4.03. The molecule has 2 rings (SSSR count). The van der Waals surface area contributed by atoms with Crippen LogP contribution in [-0.2, 0) is 0 Å². The molecule has 20 heavy (non-hydrogen) atoms. The molecule has 1 saturated carbocycles. The van der Waals surface area contributed by atoms with Crippen molar-refractivity contribution in [2.45, 2.75) is 38.8 Å². The van der Waals surface area contributed by atoms with Crippen LogP contribution in [0.5, 0.6) is 0 Å². The lowest BCUT2D eigenvalue weighted by atomic mass is 10.1. The zero-order valence-electron chi connectivity index (χ0n) is 12.2. The molecular formula is C15H22BrN3O. The molecule has 1 aliphatic carbocycles. The van der Waals surface area contributed by atoms with Crippen molar-refractivity contribution in [3.63, 3.8) is 0 Å². The molecule has 110 valence electrons. The Morgan fingerprint density at radius 3 is 2.80 bits per heavy atom. The van der Waals surface area contributed by atoms with E-state index >= 15 is 0 Å². The fraction of sp³-hybridized carbons (Fsp3) is 0.533. The number of nitrogen functional groups attached to an aromatic ring is 1. The molecule has 1 amide bonds. The van der Waals surface area contributed by atoms with Crippen molar-refractivity contribution in [1.82, 2.24) is 10.2 Å². The quantitative estimate of drug-likeness (QED) is 0.810. The van der Waals surface area contributed by atoms with Crippen LogP contribution in [0.15, 0.2) is 16.6 Å². The van der Waals surface area contributed by atoms with Crippen LogP contribution in [0.4, 0.5) is 5.69 Å². The van der Waals surface area contributed by atoms with E-state index in [4.69, 9.17) is 5.73 Å². The maximum absolute atomic E-state index is 12.3. The minimum Gasteiger partial charge on any atom is -0.398 e. The molecule has 1 aliphatic rings. The second-order valence-electron chi connectivity index (χ2n) is 5.62. The van der Waals surface area contributed by atoms with Gasteiger partial charge in [0.25, 0.3) is 5.91 Å². The van der Waals surface area contributed by atoms with Crippen LogP contribution < -0.4 is 11.1 Å². The summed E-state index contributed by atoms with van der Waals surface area (Å²) in [6.07, 6.45) is 2.55. The molecule has 0 radical (unpaired) electrons. The molecule has 1 atom stereocenters. The number of halogens is 1. The lowest BCUT2D eigenvalue weighted by Gasteiger charge is -2.24. The predicted octanol–water partition coefficient (Wildman–Crippen LogP) is 2.55. The van der Waals surface area contributed by atoms with E-state index in [9.17, 15) is 4.79 Å². The summed E-state index contributed by atoms with van der Waals surface area (Å²) >= 11 is 3.38. The zero-order valence-corrected chi connectivity index (χ0v) is 13.8. The van der Waals surface area contributed by atoms with Crippen molar-refractivity contribution in [1.29, 1.82) is 0 Å². The Morgan fingerprint density at radius 1 is 1.55 bits per heavy atom. The molecule has 1 unspecified atom stereocenters. The number of likely N-dealkylation sites (N-methyl/N-ethyl adjacent to an activating group) is 1. The van der Waals surface area contributed by atoms with Gasteiger partial charge in [-0.3, -0.25) is 9.69 Å². The van der Waals surface area contributed by atoms with Gasteiger partial charge in [-0.15, -0.1) is 0 Å². The maximum atomic E-state index is 12.3. The SMILES string of the molecule is Cc1c(N)cc(Br)cc1C(=O)NCC(C)N(C)C1CC1. The van der Waals surface area contributed by atoms with E-state index in [2.05, 4.69) is 40.1 Å². The van der Waals surface area contributed by atoms with Gasteiger partial charge in [0.2, 0.25) is 0 Å². The van der Waals surface area contributed by atoms with Crippen molar-refractivity contribution >= 4 is 27.5 Å². The fourth-order valence-electron chi connectivity index (χ4n) is 2.26. The first-order valence-electron chi connectivity index (χ1n) is 6.96. The number of nitrogens with zero attached hydrogens (tertiary/aromatic N) is 1. The standard InChI is InChI=1S/C15H22BrN3O/c1-9(19(3)12-4-5-12)8-18-15(20)13-6-11(16)7-14(17)10(13)2/h6-7,9,12H,4-5,8,17H2,1-3H3,(H,18,20). The van der Waals surface area contributed by atoms with Gasteiger partial charge in [0.05, 0.1) is 0 Å². The lowest BCUT2D eigenvalue weighted by Crippen LogP contribution is -2.41. The molecular weight excluding hydrogens is 318 g/mol. The summed E-state index contributed by atoms with van der Waals surface area (Å²) in [5.74, 6) is -0.0634. The topological polar surface area (TPSA) is 58.4 Å². The number of hydrogen-bond donors (Lipinski definition) is 2. The highest BCUT2D eigenvalue weighted by Crippen LogP contribution is 2.27. The van der Waals surface area contributed by atoms with Crippen LogP contribution in [0.1, 0.15) is 35.7 Å². The van der Waals surface area contributed by atoms with Crippen LogP contribution in [0, 0.1) is 6.92 Å². The highest BCUT2D eigenvalue weighted by Gasteiger charge is 2.29. The Labute approximate surface area is 128 Å². The van der Waals surface area contributed by atoms with Gasteiger partial charge in [-0.1, -0.05) is 15.9 Å². The molecule has 0 aromatic heterocycles. The molecule has 3 N–H and O–H groups in total. The van der Waals surface area contributed by atoms with Gasteiger partial charge < -0.3 is 11.1 Å². The smallest absolute Gasteiger partial charge is 0.251 e. The first-order chi connectivity index (χ1) is 9.40. The fourth-order valence-corrected chi connectivity index (χ4v) is 2.73. The van der Waals surface area contributed by atoms with Crippen LogP contribution in [0.2, 0.25) is 0 Å². The number of benzene rings is 1. The van der Waals surface area contributed by atoms with Crippen molar-refractivity contribution in [3.05, 3.63) is 27.7 Å². The summed E-state index contributed by atoms with van der Waals surface area (Å²) in [6, 6.07) is 4.67. The van der Waals surface area contributed by atoms with Crippen LogP contribution in [0.3, 0.4) is 0 Å². The molecule has 1 fully saturated rings. The molecule has 0 aliphatic heterocycles. The minimum absolute atomic E-state index is 0.0634. The van der Waals surface area contributed by atoms with Crippen LogP contribution in [0.25, 0.3) is 0 Å². The van der Waals surface area contributed by atoms with E-state index < -0.39 is 0 Å². The number of amides is 1. The Bertz CT molecular complexity index is 514. The molecule has 0 heterocycles. The maximum Gasteiger partial charge on any atom is 0.251 e. The molecule has 1 aromatic rings. The Morgan fingerprint density at radius 2 is 2.20 bits per heavy atom. The largest absolute Gasteiger partial charge is 0.398 e. The summed E-state index contributed by atoms with van der Waals surface area (Å²) in [4.78, 5) is 14.6. The summed E-state index contributed by atoms with van der Waals surface area (Å²) < 4.78 is 0.828. The number of carbonyl (C=O) groups is 1. The Balaban J connectivity index is 1.98. The van der Waals surface area contributed by atoms with Gasteiger partial charge in [0.15, 0.2) is 0 Å². The molecule has 0 saturated heterocycles. The molecule has 5 heteroatoms. The van der Waals surface area contributed by atoms with E-state index in [1.54, 1.807) is 0 Å². The second kappa shape index (κ2) is 6.14. The van der Waals surface area contributed by atoms with E-state index in [0.29, 0.717) is 29.9 Å². The molecule has 0 spiro atoms. The van der Waals surface area contributed by atoms with Gasteiger partial charge in [0, 0.05) is 34.4 Å². The summed E-state index contributed by atoms with van der Waals surface area (Å²) in [5.41, 5.74) is 7.99. The van der Waals surface area contributed by atoms with E-state index in [-0.39, 0.29) is 5.91 Å². The first-order valence-corrected chi connectivity index (χ1v) is 7.75. The number of hydrogen-bond acceptors (Lipinski definition) is 3. The van der Waals surface area contributed by atoms with Gasteiger partial charge in [-0.05, 0) is 51.4 Å². The van der Waals surface area contributed by atoms with Gasteiger partial charge in [0.1, 0.15) is 0 Å². The third-order valence-corrected chi connectivity index (χ3v) is 4.49. The Kier molecular flexibility index (Phi) is 4.70. The Hall–Kier alpha value is -1.07. The number of nitrogens with one attached hydrogen (secondary N) is 1. The molecule has 1 aromatic carbocycles. The van der Waals surface area contributed by atoms with E-state index in [1.807, 2.05) is 19.1 Å². The molecule has 4 nitrogen and oxygen atoms in total. The second-order valence-corrected chi connectivity index (χ2v) is 6.54. The third kappa shape index (κ3) is 3.52. The van der Waals surface area contributed by atoms with Crippen molar-refractivity contribution < 1.29 is 4.79 Å². The monoisotopic (exact) mass is 339 g/mol. The van der Waals surface area contributed by atoms with Crippen LogP contribution in [-0.4, -0.2) is 36.5 Å². The average molecular weight is 340 g/mol. The normalized spacial score (nSPS) is 16.2. The average Bonchev–Trinajstić information content (AvgIpc) is 3.23. The number of carbonyl (C=O) groups excluding carboxylic acids is 1. The van der Waals surface area contributed by atoms with E-state index in [1.165, 1.54) is 12.8 Å². The zero-order chi connectivity index (χ0) is 14.9. The van der Waals surface area contributed by atoms with Crippen molar-refractivity contribution in [3.8, 4) is 0 Å². The van der Waals surface area contributed by atoms with E-state index in [0.717, 1.165) is 10.0 Å². The van der Waals surface area contributed by atoms with Crippen molar-refractivity contribution in [2.24, 2.45) is 0 Å². The summed E-state index contributed by atoms with van der Waals surface area (Å²) in [6.45, 7) is 4.66. The minimum atomic E-state index is -0.0634.